The van der Waals surface area contributed by atoms with Crippen molar-refractivity contribution in [3.8, 4) is 5.75 Å². The number of anilines is 1. The van der Waals surface area contributed by atoms with Crippen molar-refractivity contribution in [2.45, 2.75) is 43.9 Å². The Morgan fingerprint density at radius 3 is 2.71 bits per heavy atom. The minimum Gasteiger partial charge on any atom is -0.497 e. The Morgan fingerprint density at radius 1 is 1.32 bits per heavy atom. The molecular weight excluding hydrogens is 404 g/mol. The lowest BCUT2D eigenvalue weighted by Gasteiger charge is -2.33. The van der Waals surface area contributed by atoms with Gasteiger partial charge in [-0.05, 0) is 50.5 Å². The van der Waals surface area contributed by atoms with E-state index in [0.717, 1.165) is 0 Å². The molecule has 3 fully saturated rings. The van der Waals surface area contributed by atoms with Gasteiger partial charge in [0.05, 0.1) is 31.7 Å². The largest absolute Gasteiger partial charge is 0.497 e. The predicted molar refractivity (Wildman–Crippen MR) is 109 cm³/mol. The molecule has 4 rings (SSSR count). The van der Waals surface area contributed by atoms with Crippen molar-refractivity contribution in [1.29, 1.82) is 0 Å². The molecule has 31 heavy (non-hydrogen) atoms. The number of aliphatic hydroxyl groups excluding tert-OH is 1. The van der Waals surface area contributed by atoms with Crippen molar-refractivity contribution in [1.82, 2.24) is 4.90 Å². The summed E-state index contributed by atoms with van der Waals surface area (Å²) in [5, 5.41) is 12.2. The third-order valence-electron chi connectivity index (χ3n) is 6.52. The highest BCUT2D eigenvalue weighted by Crippen LogP contribution is 2.58. The van der Waals surface area contributed by atoms with Gasteiger partial charge >= 0.3 is 5.97 Å². The van der Waals surface area contributed by atoms with E-state index < -0.39 is 35.6 Å². The van der Waals surface area contributed by atoms with Crippen LogP contribution < -0.4 is 10.1 Å². The van der Waals surface area contributed by atoms with Crippen molar-refractivity contribution in [3.63, 3.8) is 0 Å². The monoisotopic (exact) mass is 432 g/mol. The molecule has 1 aromatic carbocycles. The van der Waals surface area contributed by atoms with Gasteiger partial charge in [-0.2, -0.15) is 0 Å². The highest BCUT2D eigenvalue weighted by molar-refractivity contribution is 6.03. The van der Waals surface area contributed by atoms with Gasteiger partial charge in [-0.3, -0.25) is 14.4 Å². The first-order valence-corrected chi connectivity index (χ1v) is 10.7. The Bertz CT molecular complexity index is 858. The van der Waals surface area contributed by atoms with Gasteiger partial charge in [-0.15, -0.1) is 0 Å². The number of hydrogen-bond acceptors (Lipinski definition) is 7. The van der Waals surface area contributed by atoms with Gasteiger partial charge < -0.3 is 29.5 Å². The van der Waals surface area contributed by atoms with E-state index >= 15 is 0 Å². The molecule has 0 radical (unpaired) electrons. The summed E-state index contributed by atoms with van der Waals surface area (Å²) < 4.78 is 16.6. The maximum atomic E-state index is 13.4. The Labute approximate surface area is 180 Å². The zero-order valence-corrected chi connectivity index (χ0v) is 17.7. The summed E-state index contributed by atoms with van der Waals surface area (Å²) in [4.78, 5) is 40.9. The average Bonchev–Trinajstić information content (AvgIpc) is 3.40. The molecule has 2 N–H and O–H groups in total. The maximum absolute atomic E-state index is 13.4. The molecule has 3 saturated heterocycles. The van der Waals surface area contributed by atoms with E-state index in [4.69, 9.17) is 14.2 Å². The Morgan fingerprint density at radius 2 is 2.06 bits per heavy atom. The molecule has 3 heterocycles. The zero-order chi connectivity index (χ0) is 22.2. The smallest absolute Gasteiger partial charge is 0.312 e. The second-order valence-corrected chi connectivity index (χ2v) is 8.13. The fourth-order valence-electron chi connectivity index (χ4n) is 5.33. The number of ether oxygens (including phenoxy) is 3. The molecule has 168 valence electrons. The SMILES string of the molecule is CCOC(=O)[C@@H]1[C@@H]2CCC3(O2)C(C(=O)Nc2ccc(OC)cc2)N(CCCO)C(=O)[C@H]13. The molecule has 0 aromatic heterocycles. The van der Waals surface area contributed by atoms with Gasteiger partial charge in [-0.25, -0.2) is 0 Å². The van der Waals surface area contributed by atoms with Gasteiger partial charge in [0, 0.05) is 18.8 Å². The Kier molecular flexibility index (Phi) is 5.90. The first kappa shape index (κ1) is 21.6. The van der Waals surface area contributed by atoms with Crippen LogP contribution in [-0.2, 0) is 23.9 Å². The lowest BCUT2D eigenvalue weighted by Crippen LogP contribution is -2.53. The van der Waals surface area contributed by atoms with Crippen LogP contribution in [0.5, 0.6) is 5.75 Å². The topological polar surface area (TPSA) is 114 Å². The molecule has 0 saturated carbocycles. The van der Waals surface area contributed by atoms with Gasteiger partial charge in [0.25, 0.3) is 0 Å². The van der Waals surface area contributed by atoms with Crippen molar-refractivity contribution >= 4 is 23.5 Å². The molecule has 1 aromatic rings. The number of carbonyl (C=O) groups is 3. The molecule has 2 amide bonds. The Balaban J connectivity index is 1.64. The van der Waals surface area contributed by atoms with Crippen LogP contribution in [0.15, 0.2) is 24.3 Å². The van der Waals surface area contributed by atoms with Gasteiger partial charge in [-0.1, -0.05) is 0 Å². The lowest BCUT2D eigenvalue weighted by molar-refractivity contribution is -0.154. The van der Waals surface area contributed by atoms with Gasteiger partial charge in [0.1, 0.15) is 17.4 Å². The number of amides is 2. The van der Waals surface area contributed by atoms with Crippen LogP contribution >= 0.6 is 0 Å². The molecule has 2 unspecified atom stereocenters. The summed E-state index contributed by atoms with van der Waals surface area (Å²) in [5.41, 5.74) is -0.500. The number of likely N-dealkylation sites (tertiary alicyclic amines) is 1. The van der Waals surface area contributed by atoms with Crippen LogP contribution in [0.25, 0.3) is 0 Å². The Hall–Kier alpha value is -2.65. The quantitative estimate of drug-likeness (QED) is 0.588. The van der Waals surface area contributed by atoms with E-state index in [0.29, 0.717) is 30.7 Å². The third-order valence-corrected chi connectivity index (χ3v) is 6.52. The first-order valence-electron chi connectivity index (χ1n) is 10.7. The first-order chi connectivity index (χ1) is 15.0. The van der Waals surface area contributed by atoms with Crippen LogP contribution in [-0.4, -0.2) is 72.4 Å². The van der Waals surface area contributed by atoms with E-state index in [2.05, 4.69) is 5.32 Å². The summed E-state index contributed by atoms with van der Waals surface area (Å²) in [6.45, 7) is 2.03. The van der Waals surface area contributed by atoms with E-state index in [9.17, 15) is 19.5 Å². The molecule has 9 nitrogen and oxygen atoms in total. The number of esters is 1. The molecule has 2 bridgehead atoms. The van der Waals surface area contributed by atoms with Crippen LogP contribution in [0.1, 0.15) is 26.2 Å². The molecule has 5 atom stereocenters. The highest BCUT2D eigenvalue weighted by Gasteiger charge is 2.74. The number of fused-ring (bicyclic) bond motifs is 1. The normalized spacial score (nSPS) is 30.9. The van der Waals surface area contributed by atoms with Crippen molar-refractivity contribution in [3.05, 3.63) is 24.3 Å². The molecular formula is C22H28N2O7. The molecule has 0 aliphatic carbocycles. The molecule has 3 aliphatic rings. The lowest BCUT2D eigenvalue weighted by atomic mass is 9.71. The van der Waals surface area contributed by atoms with E-state index in [-0.39, 0.29) is 31.6 Å². The van der Waals surface area contributed by atoms with Crippen LogP contribution in [0.3, 0.4) is 0 Å². The number of benzene rings is 1. The van der Waals surface area contributed by atoms with E-state index in [1.165, 1.54) is 4.90 Å². The number of aliphatic hydroxyl groups is 1. The number of nitrogens with zero attached hydrogens (tertiary/aromatic N) is 1. The number of hydrogen-bond donors (Lipinski definition) is 2. The van der Waals surface area contributed by atoms with Gasteiger partial charge in [0.15, 0.2) is 0 Å². The van der Waals surface area contributed by atoms with Crippen molar-refractivity contribution < 1.29 is 33.7 Å². The summed E-state index contributed by atoms with van der Waals surface area (Å²) >= 11 is 0. The minimum absolute atomic E-state index is 0.112. The predicted octanol–water partition coefficient (Wildman–Crippen LogP) is 0.954. The summed E-state index contributed by atoms with van der Waals surface area (Å²) in [5.74, 6) is -1.92. The standard InChI is InChI=1S/C22H28N2O7/c1-3-30-21(28)16-15-9-10-22(31-15)17(16)20(27)24(11-4-12-25)18(22)19(26)23-13-5-7-14(29-2)8-6-13/h5-8,15-18,25H,3-4,9-12H2,1-2H3,(H,23,26)/t15-,16+,17-,18?,22?/m0/s1. The highest BCUT2D eigenvalue weighted by atomic mass is 16.6. The third kappa shape index (κ3) is 3.45. The van der Waals surface area contributed by atoms with Crippen LogP contribution in [0.4, 0.5) is 5.69 Å². The van der Waals surface area contributed by atoms with E-state index in [1.807, 2.05) is 0 Å². The summed E-state index contributed by atoms with van der Waals surface area (Å²) in [6, 6.07) is 6.01. The van der Waals surface area contributed by atoms with Gasteiger partial charge in [0.2, 0.25) is 11.8 Å². The molecule has 3 aliphatic heterocycles. The second kappa shape index (κ2) is 8.47. The molecule has 1 spiro atoms. The van der Waals surface area contributed by atoms with Crippen molar-refractivity contribution in [2.75, 3.05) is 32.2 Å². The number of rotatable bonds is 8. The number of methoxy groups -OCH3 is 1. The fraction of sp³-hybridized carbons (Fsp3) is 0.591. The second-order valence-electron chi connectivity index (χ2n) is 8.13. The number of nitrogens with one attached hydrogen (secondary N) is 1. The van der Waals surface area contributed by atoms with Crippen molar-refractivity contribution in [2.24, 2.45) is 11.8 Å². The minimum atomic E-state index is -1.06. The maximum Gasteiger partial charge on any atom is 0.312 e. The van der Waals surface area contributed by atoms with Crippen LogP contribution in [0, 0.1) is 11.8 Å². The molecule has 9 heteroatoms. The number of carbonyl (C=O) groups excluding carboxylic acids is 3. The zero-order valence-electron chi connectivity index (χ0n) is 17.7. The summed E-state index contributed by atoms with van der Waals surface area (Å²) in [6.07, 6.45) is 1.01. The van der Waals surface area contributed by atoms with Crippen LogP contribution in [0.2, 0.25) is 0 Å². The summed E-state index contributed by atoms with van der Waals surface area (Å²) in [7, 11) is 1.56. The fourth-order valence-corrected chi connectivity index (χ4v) is 5.33. The van der Waals surface area contributed by atoms with E-state index in [1.54, 1.807) is 38.3 Å². The average molecular weight is 432 g/mol.